The molecule has 0 bridgehead atoms. The fourth-order valence-corrected chi connectivity index (χ4v) is 4.41. The van der Waals surface area contributed by atoms with E-state index in [1.165, 1.54) is 16.9 Å². The van der Waals surface area contributed by atoms with Crippen LogP contribution in [0.3, 0.4) is 0 Å². The van der Waals surface area contributed by atoms with Crippen molar-refractivity contribution in [3.8, 4) is 5.69 Å². The van der Waals surface area contributed by atoms with Gasteiger partial charge in [0.25, 0.3) is 0 Å². The topological polar surface area (TPSA) is 41.4 Å². The van der Waals surface area contributed by atoms with Crippen molar-refractivity contribution >= 4 is 34.7 Å². The zero-order chi connectivity index (χ0) is 22.0. The molecule has 0 aliphatic carbocycles. The number of nitrogens with zero attached hydrogens (tertiary/aromatic N) is 4. The highest BCUT2D eigenvalue weighted by atomic mass is 35.5. The Balaban J connectivity index is 1.33. The van der Waals surface area contributed by atoms with E-state index in [9.17, 15) is 9.18 Å². The molecule has 0 atom stereocenters. The Labute approximate surface area is 191 Å². The van der Waals surface area contributed by atoms with Crippen molar-refractivity contribution in [1.29, 1.82) is 0 Å². The van der Waals surface area contributed by atoms with Gasteiger partial charge in [0.1, 0.15) is 11.5 Å². The lowest BCUT2D eigenvalue weighted by atomic mass is 10.1. The molecule has 1 aliphatic rings. The first-order valence-corrected chi connectivity index (χ1v) is 10.9. The lowest BCUT2D eigenvalue weighted by molar-refractivity contribution is 0.0962. The molecule has 0 unspecified atom stereocenters. The van der Waals surface area contributed by atoms with Crippen LogP contribution < -0.4 is 4.90 Å². The summed E-state index contributed by atoms with van der Waals surface area (Å²) in [5.74, 6) is -0.351. The normalized spacial score (nSPS) is 14.8. The van der Waals surface area contributed by atoms with Crippen LogP contribution in [-0.2, 0) is 0 Å². The summed E-state index contributed by atoms with van der Waals surface area (Å²) in [5.41, 5.74) is 2.55. The molecule has 2 aromatic carbocycles. The van der Waals surface area contributed by atoms with Crippen molar-refractivity contribution < 1.29 is 9.18 Å². The van der Waals surface area contributed by atoms with E-state index < -0.39 is 0 Å². The van der Waals surface area contributed by atoms with Gasteiger partial charge in [0.2, 0.25) is 0 Å². The Morgan fingerprint density at radius 2 is 1.74 bits per heavy atom. The third kappa shape index (κ3) is 4.92. The number of rotatable bonds is 6. The average Bonchev–Trinajstić information content (AvgIpc) is 3.13. The first-order valence-electron chi connectivity index (χ1n) is 10.2. The molecule has 1 aromatic heterocycles. The summed E-state index contributed by atoms with van der Waals surface area (Å²) in [7, 11) is 0. The van der Waals surface area contributed by atoms with Crippen LogP contribution in [0.5, 0.6) is 0 Å². The maximum absolute atomic E-state index is 14.1. The van der Waals surface area contributed by atoms with Crippen LogP contribution in [0.25, 0.3) is 5.69 Å². The molecule has 1 saturated heterocycles. The van der Waals surface area contributed by atoms with Crippen molar-refractivity contribution in [1.82, 2.24) is 14.7 Å². The third-order valence-electron chi connectivity index (χ3n) is 5.63. The van der Waals surface area contributed by atoms with Gasteiger partial charge >= 0.3 is 0 Å². The highest BCUT2D eigenvalue weighted by Crippen LogP contribution is 2.26. The van der Waals surface area contributed by atoms with Gasteiger partial charge in [0.15, 0.2) is 5.78 Å². The van der Waals surface area contributed by atoms with Gasteiger partial charge in [0, 0.05) is 54.9 Å². The van der Waals surface area contributed by atoms with Crippen LogP contribution in [-0.4, -0.2) is 53.2 Å². The van der Waals surface area contributed by atoms with Gasteiger partial charge in [-0.25, -0.2) is 9.07 Å². The highest BCUT2D eigenvalue weighted by molar-refractivity contribution is 6.35. The molecular weight excluding hydrogens is 438 g/mol. The number of benzene rings is 2. The number of Topliss-reactive ketones (excluding diaryl/α,β-unsaturated/α-hetero) is 1. The number of aromatic nitrogens is 2. The second kappa shape index (κ2) is 9.39. The standard InChI is InChI=1S/C23H23Cl2FN4O/c1-16-20(15-27-30(16)22-5-3-2-4-21(22)26)23(31)6-7-28-8-10-29(11-9-28)19-13-17(24)12-18(25)14-19/h2-5,12-15H,6-11H2,1H3. The van der Waals surface area contributed by atoms with E-state index in [0.29, 0.717) is 40.0 Å². The number of hydrogen-bond donors (Lipinski definition) is 0. The third-order valence-corrected chi connectivity index (χ3v) is 6.07. The van der Waals surface area contributed by atoms with Crippen molar-refractivity contribution in [2.75, 3.05) is 37.6 Å². The molecule has 0 amide bonds. The van der Waals surface area contributed by atoms with Crippen molar-refractivity contribution in [2.45, 2.75) is 13.3 Å². The van der Waals surface area contributed by atoms with Gasteiger partial charge in [-0.3, -0.25) is 9.69 Å². The molecule has 0 N–H and O–H groups in total. The summed E-state index contributed by atoms with van der Waals surface area (Å²) in [6, 6.07) is 12.0. The molecular formula is C23H23Cl2FN4O. The van der Waals surface area contributed by atoms with E-state index in [1.54, 1.807) is 31.2 Å². The molecule has 3 aromatic rings. The number of carbonyl (C=O) groups is 1. The number of piperazine rings is 1. The lowest BCUT2D eigenvalue weighted by Gasteiger charge is -2.36. The van der Waals surface area contributed by atoms with Gasteiger partial charge < -0.3 is 4.90 Å². The molecule has 1 aliphatic heterocycles. The van der Waals surface area contributed by atoms with Gasteiger partial charge in [-0.05, 0) is 37.3 Å². The predicted octanol–water partition coefficient (Wildman–Crippen LogP) is 5.02. The Bertz CT molecular complexity index is 1070. The smallest absolute Gasteiger partial charge is 0.167 e. The van der Waals surface area contributed by atoms with E-state index in [0.717, 1.165) is 31.9 Å². The van der Waals surface area contributed by atoms with E-state index in [1.807, 2.05) is 12.1 Å². The Hall–Kier alpha value is -2.41. The SMILES string of the molecule is Cc1c(C(=O)CCN2CCN(c3cc(Cl)cc(Cl)c3)CC2)cnn1-c1ccccc1F. The Morgan fingerprint density at radius 3 is 2.42 bits per heavy atom. The van der Waals surface area contributed by atoms with Crippen molar-refractivity contribution in [3.63, 3.8) is 0 Å². The molecule has 0 radical (unpaired) electrons. The monoisotopic (exact) mass is 460 g/mol. The van der Waals surface area contributed by atoms with E-state index in [2.05, 4.69) is 14.9 Å². The molecule has 8 heteroatoms. The van der Waals surface area contributed by atoms with Crippen LogP contribution in [0.1, 0.15) is 22.5 Å². The molecule has 5 nitrogen and oxygen atoms in total. The second-order valence-corrected chi connectivity index (χ2v) is 8.51. The zero-order valence-corrected chi connectivity index (χ0v) is 18.7. The van der Waals surface area contributed by atoms with Crippen LogP contribution >= 0.6 is 23.2 Å². The maximum Gasteiger partial charge on any atom is 0.167 e. The number of carbonyl (C=O) groups excluding carboxylic acids is 1. The summed E-state index contributed by atoms with van der Waals surface area (Å²) in [5, 5.41) is 5.49. The van der Waals surface area contributed by atoms with Gasteiger partial charge in [0.05, 0.1) is 17.5 Å². The lowest BCUT2D eigenvalue weighted by Crippen LogP contribution is -2.46. The number of para-hydroxylation sites is 1. The first kappa shape index (κ1) is 21.8. The molecule has 0 spiro atoms. The Morgan fingerprint density at radius 1 is 1.06 bits per heavy atom. The summed E-state index contributed by atoms with van der Waals surface area (Å²) in [4.78, 5) is 17.3. The second-order valence-electron chi connectivity index (χ2n) is 7.64. The summed E-state index contributed by atoms with van der Waals surface area (Å²) < 4.78 is 15.6. The van der Waals surface area contributed by atoms with Gasteiger partial charge in [-0.15, -0.1) is 0 Å². The number of hydrogen-bond acceptors (Lipinski definition) is 4. The summed E-state index contributed by atoms with van der Waals surface area (Å²) >= 11 is 12.2. The fraction of sp³-hybridized carbons (Fsp3) is 0.304. The predicted molar refractivity (Wildman–Crippen MR) is 122 cm³/mol. The average molecular weight is 461 g/mol. The molecule has 4 rings (SSSR count). The number of ketones is 1. The number of anilines is 1. The van der Waals surface area contributed by atoms with Crippen LogP contribution in [0.4, 0.5) is 10.1 Å². The molecule has 31 heavy (non-hydrogen) atoms. The number of halogens is 3. The van der Waals surface area contributed by atoms with Gasteiger partial charge in [-0.2, -0.15) is 5.10 Å². The minimum Gasteiger partial charge on any atom is -0.369 e. The molecule has 162 valence electrons. The van der Waals surface area contributed by atoms with E-state index >= 15 is 0 Å². The fourth-order valence-electron chi connectivity index (χ4n) is 3.90. The van der Waals surface area contributed by atoms with Gasteiger partial charge in [-0.1, -0.05) is 35.3 Å². The van der Waals surface area contributed by atoms with Crippen LogP contribution in [0, 0.1) is 12.7 Å². The highest BCUT2D eigenvalue weighted by Gasteiger charge is 2.21. The maximum atomic E-state index is 14.1. The quantitative estimate of drug-likeness (QED) is 0.484. The van der Waals surface area contributed by atoms with Crippen molar-refractivity contribution in [3.05, 3.63) is 75.8 Å². The minimum absolute atomic E-state index is 0.0177. The molecule has 0 saturated carbocycles. The summed E-state index contributed by atoms with van der Waals surface area (Å²) in [6.07, 6.45) is 1.93. The molecule has 2 heterocycles. The first-order chi connectivity index (χ1) is 14.9. The minimum atomic E-state index is -0.369. The van der Waals surface area contributed by atoms with Crippen molar-refractivity contribution in [2.24, 2.45) is 0 Å². The Kier molecular flexibility index (Phi) is 6.60. The van der Waals surface area contributed by atoms with E-state index in [4.69, 9.17) is 23.2 Å². The van der Waals surface area contributed by atoms with Crippen LogP contribution in [0.15, 0.2) is 48.7 Å². The zero-order valence-electron chi connectivity index (χ0n) is 17.2. The largest absolute Gasteiger partial charge is 0.369 e. The molecule has 1 fully saturated rings. The summed E-state index contributed by atoms with van der Waals surface area (Å²) in [6.45, 7) is 5.86. The van der Waals surface area contributed by atoms with Crippen LogP contribution in [0.2, 0.25) is 10.0 Å². The van der Waals surface area contributed by atoms with E-state index in [-0.39, 0.29) is 11.6 Å².